The minimum atomic E-state index is -0.231. The van der Waals surface area contributed by atoms with E-state index in [9.17, 15) is 4.79 Å². The van der Waals surface area contributed by atoms with Gasteiger partial charge in [0.15, 0.2) is 0 Å². The molecule has 0 aliphatic heterocycles. The molecule has 0 spiro atoms. The molecule has 0 aromatic carbocycles. The van der Waals surface area contributed by atoms with E-state index in [1.54, 1.807) is 6.92 Å². The molecule has 0 aromatic rings. The van der Waals surface area contributed by atoms with Crippen molar-refractivity contribution in [3.8, 4) is 0 Å². The van der Waals surface area contributed by atoms with Crippen LogP contribution in [0.15, 0.2) is 0 Å². The van der Waals surface area contributed by atoms with E-state index in [-0.39, 0.29) is 10.4 Å². The maximum absolute atomic E-state index is 10.1. The topological polar surface area (TPSA) is 43.1 Å². The second-order valence-corrected chi connectivity index (χ2v) is 2.72. The van der Waals surface area contributed by atoms with Gasteiger partial charge < -0.3 is 0 Å². The van der Waals surface area contributed by atoms with Crippen molar-refractivity contribution in [2.75, 3.05) is 0 Å². The van der Waals surface area contributed by atoms with Crippen LogP contribution in [0.3, 0.4) is 0 Å². The van der Waals surface area contributed by atoms with Gasteiger partial charge in [0.05, 0.1) is 0 Å². The zero-order valence-corrected chi connectivity index (χ0v) is 6.74. The Hall–Kier alpha value is 0.253. The van der Waals surface area contributed by atoms with E-state index in [2.05, 4.69) is 0 Å². The quantitative estimate of drug-likeness (QED) is 0.491. The second kappa shape index (κ2) is 2.43. The van der Waals surface area contributed by atoms with E-state index in [0.717, 1.165) is 0 Å². The van der Waals surface area contributed by atoms with Gasteiger partial charge in [-0.05, 0) is 0 Å². The molecule has 31 valence electrons. The molecule has 0 aliphatic rings. The average Bonchev–Trinajstić information content (AvgIpc) is 1.36. The van der Waals surface area contributed by atoms with E-state index in [4.69, 9.17) is 5.73 Å². The summed E-state index contributed by atoms with van der Waals surface area (Å²) >= 11 is 0.678. The van der Waals surface area contributed by atoms with Crippen LogP contribution < -0.4 is 5.73 Å². The standard InChI is InChI=1S/C3H6NO.Zn/c1-3(4)2-5;/h3H,4H2,1H3;/t3-;/m0./s1. The number of hydrogen-bond donors (Lipinski definition) is 1. The van der Waals surface area contributed by atoms with Crippen LogP contribution in [-0.4, -0.2) is 10.4 Å². The summed E-state index contributed by atoms with van der Waals surface area (Å²) in [7, 11) is 0. The van der Waals surface area contributed by atoms with E-state index >= 15 is 0 Å². The van der Waals surface area contributed by atoms with Crippen molar-refractivity contribution in [2.45, 2.75) is 13.0 Å². The van der Waals surface area contributed by atoms with E-state index < -0.39 is 0 Å². The van der Waals surface area contributed by atoms with Crippen molar-refractivity contribution in [1.82, 2.24) is 0 Å². The molecule has 3 heteroatoms. The molecule has 0 rings (SSSR count). The van der Waals surface area contributed by atoms with Crippen molar-refractivity contribution in [3.05, 3.63) is 0 Å². The van der Waals surface area contributed by atoms with Gasteiger partial charge in [0, 0.05) is 0 Å². The third-order valence-corrected chi connectivity index (χ3v) is 1.86. The predicted octanol–water partition coefficient (Wildman–Crippen LogP) is -0.593. The van der Waals surface area contributed by atoms with Crippen LogP contribution in [0.25, 0.3) is 0 Å². The molecular weight excluding hydrogens is 131 g/mol. The predicted molar refractivity (Wildman–Crippen MR) is 18.7 cm³/mol. The minimum absolute atomic E-state index is 0.162. The third kappa shape index (κ3) is 2.49. The molecule has 0 unspecified atom stereocenters. The Balaban J connectivity index is 3.26. The molecule has 0 bridgehead atoms. The molecule has 0 aliphatic carbocycles. The Labute approximate surface area is 46.8 Å². The van der Waals surface area contributed by atoms with Crippen LogP contribution in [0.4, 0.5) is 0 Å². The van der Waals surface area contributed by atoms with Crippen LogP contribution in [-0.2, 0) is 23.1 Å². The van der Waals surface area contributed by atoms with Crippen LogP contribution in [0.5, 0.6) is 0 Å². The summed E-state index contributed by atoms with van der Waals surface area (Å²) in [4.78, 5) is 10.1. The molecule has 0 amide bonds. The number of nitrogens with two attached hydrogens (primary N) is 1. The average molecular weight is 137 g/mol. The summed E-state index contributed by atoms with van der Waals surface area (Å²) in [6.07, 6.45) is 0. The van der Waals surface area contributed by atoms with Crippen molar-refractivity contribution >= 4 is 4.38 Å². The van der Waals surface area contributed by atoms with Gasteiger partial charge in [0.1, 0.15) is 0 Å². The summed E-state index contributed by atoms with van der Waals surface area (Å²) in [6, 6.07) is -0.231. The SMILES string of the molecule is C[C@H](N)[C](=O)[Zn]. The second-order valence-electron chi connectivity index (χ2n) is 1.25. The van der Waals surface area contributed by atoms with Gasteiger partial charge >= 0.3 is 46.2 Å². The summed E-state index contributed by atoms with van der Waals surface area (Å²) in [6.45, 7) is 1.70. The first-order chi connectivity index (χ1) is 2.64. The van der Waals surface area contributed by atoms with Gasteiger partial charge in [-0.15, -0.1) is 0 Å². The Bertz CT molecular complexity index is 61.8. The fourth-order valence-corrected chi connectivity index (χ4v) is 0. The van der Waals surface area contributed by atoms with Crippen LogP contribution in [0.2, 0.25) is 0 Å². The number of carbonyl (C=O) groups excluding carboxylic acids is 1. The van der Waals surface area contributed by atoms with Gasteiger partial charge in [0.2, 0.25) is 0 Å². The summed E-state index contributed by atoms with van der Waals surface area (Å²) in [5.41, 5.74) is 5.12. The van der Waals surface area contributed by atoms with Crippen LogP contribution in [0, 0.1) is 0 Å². The zero-order chi connectivity index (χ0) is 5.15. The number of carbonyl (C=O) groups is 1. The monoisotopic (exact) mass is 136 g/mol. The molecule has 2 nitrogen and oxygen atoms in total. The first kappa shape index (κ1) is 6.25. The fraction of sp³-hybridized carbons (Fsp3) is 0.667. The van der Waals surface area contributed by atoms with Crippen LogP contribution in [0.1, 0.15) is 6.92 Å². The molecule has 0 aromatic heterocycles. The molecule has 0 saturated heterocycles. The van der Waals surface area contributed by atoms with Crippen molar-refractivity contribution in [3.63, 3.8) is 0 Å². The van der Waals surface area contributed by atoms with Gasteiger partial charge in [0.25, 0.3) is 0 Å². The number of hydrogen-bond acceptors (Lipinski definition) is 2. The molecular formula is C3H6NOZn. The zero-order valence-electron chi connectivity index (χ0n) is 3.77. The fourth-order valence-electron chi connectivity index (χ4n) is 0. The normalized spacial score (nSPS) is 14.0. The van der Waals surface area contributed by atoms with Gasteiger partial charge in [-0.25, -0.2) is 0 Å². The van der Waals surface area contributed by atoms with Crippen molar-refractivity contribution in [2.24, 2.45) is 5.73 Å². The maximum atomic E-state index is 10.1. The first-order valence-electron chi connectivity index (χ1n) is 1.76. The molecule has 0 heterocycles. The Morgan fingerprint density at radius 2 is 2.17 bits per heavy atom. The van der Waals surface area contributed by atoms with Crippen LogP contribution >= 0.6 is 0 Å². The summed E-state index contributed by atoms with van der Waals surface area (Å²) in [5, 5.41) is 0. The first-order valence-corrected chi connectivity index (χ1v) is 3.24. The molecule has 0 saturated carbocycles. The summed E-state index contributed by atoms with van der Waals surface area (Å²) < 4.78 is 0.162. The van der Waals surface area contributed by atoms with E-state index in [1.807, 2.05) is 0 Å². The Kier molecular flexibility index (Phi) is 2.53. The van der Waals surface area contributed by atoms with Gasteiger partial charge in [-0.2, -0.15) is 0 Å². The molecule has 6 heavy (non-hydrogen) atoms. The van der Waals surface area contributed by atoms with E-state index in [0.29, 0.717) is 18.3 Å². The number of rotatable bonds is 1. The van der Waals surface area contributed by atoms with Gasteiger partial charge in [-0.1, -0.05) is 0 Å². The summed E-state index contributed by atoms with van der Waals surface area (Å²) in [5.74, 6) is 0. The van der Waals surface area contributed by atoms with Crippen molar-refractivity contribution < 1.29 is 23.1 Å². The van der Waals surface area contributed by atoms with Crippen molar-refractivity contribution in [1.29, 1.82) is 0 Å². The third-order valence-electron chi connectivity index (χ3n) is 0.508. The molecule has 0 fully saturated rings. The van der Waals surface area contributed by atoms with E-state index in [1.165, 1.54) is 0 Å². The Morgan fingerprint density at radius 1 is 2.00 bits per heavy atom. The Morgan fingerprint density at radius 3 is 2.17 bits per heavy atom. The molecule has 0 radical (unpaired) electrons. The molecule has 1 atom stereocenters. The van der Waals surface area contributed by atoms with Gasteiger partial charge in [-0.3, -0.25) is 0 Å². The molecule has 2 N–H and O–H groups in total.